The van der Waals surface area contributed by atoms with E-state index in [1.807, 2.05) is 159 Å². The van der Waals surface area contributed by atoms with Gasteiger partial charge >= 0.3 is 52.1 Å². The van der Waals surface area contributed by atoms with E-state index in [-0.39, 0.29) is 47.9 Å². The monoisotopic (exact) mass is 1510 g/mol. The number of rotatable bonds is 8. The Morgan fingerprint density at radius 2 is 0.921 bits per heavy atom. The smallest absolute Gasteiger partial charge is 0.465 e. The highest BCUT2D eigenvalue weighted by atomic mass is 35.6. The van der Waals surface area contributed by atoms with Gasteiger partial charge in [-0.1, -0.05) is 91.0 Å². The van der Waals surface area contributed by atoms with Crippen molar-refractivity contribution < 1.29 is 66.7 Å². The number of carbonyl (C=O) groups is 7. The fraction of sp³-hybridized carbons (Fsp3) is 0.443. The third-order valence-corrected chi connectivity index (χ3v) is 18.5. The fourth-order valence-electron chi connectivity index (χ4n) is 10.0. The zero-order chi connectivity index (χ0) is 74.6. The Kier molecular flexibility index (Phi) is 29.9. The van der Waals surface area contributed by atoms with Gasteiger partial charge in [0.15, 0.2) is 0 Å². The molecule has 3 aliphatic heterocycles. The molecule has 0 bridgehead atoms. The van der Waals surface area contributed by atoms with Crippen LogP contribution in [-0.4, -0.2) is 160 Å². The minimum Gasteiger partial charge on any atom is -0.465 e. The Hall–Kier alpha value is -8.38. The molecule has 5 amide bonds. The van der Waals surface area contributed by atoms with E-state index in [0.717, 1.165) is 64.4 Å². The Morgan fingerprint density at radius 3 is 1.33 bits per heavy atom. The Balaban J connectivity index is 0.000000213. The third-order valence-electron chi connectivity index (χ3n) is 14.8. The lowest BCUT2D eigenvalue weighted by atomic mass is 10.1. The summed E-state index contributed by atoms with van der Waals surface area (Å²) in [5.74, 6) is -0.886. The van der Waals surface area contributed by atoms with E-state index >= 15 is 0 Å². The molecular formula is C70H88Cl3N9O16S3. The maximum absolute atomic E-state index is 13.1. The second-order valence-electron chi connectivity index (χ2n) is 26.1. The number of piperidine rings is 3. The summed E-state index contributed by atoms with van der Waals surface area (Å²) in [7, 11) is 3.77. The molecule has 10 rings (SSSR count). The second-order valence-corrected chi connectivity index (χ2v) is 31.5. The van der Waals surface area contributed by atoms with Crippen LogP contribution in [0.1, 0.15) is 126 Å². The maximum atomic E-state index is 13.1. The van der Waals surface area contributed by atoms with Crippen molar-refractivity contribution >= 4 is 133 Å². The summed E-state index contributed by atoms with van der Waals surface area (Å²) in [6.45, 7) is 20.0. The number of benzene rings is 3. The van der Waals surface area contributed by atoms with Crippen LogP contribution in [0, 0.1) is 0 Å². The number of thiophene rings is 3. The van der Waals surface area contributed by atoms with E-state index in [4.69, 9.17) is 65.2 Å². The number of fused-ring (bicyclic) bond motifs is 1. The van der Waals surface area contributed by atoms with Crippen LogP contribution in [0.15, 0.2) is 119 Å². The van der Waals surface area contributed by atoms with Crippen LogP contribution in [-0.2, 0) is 33.2 Å². The number of nitrogens with one attached hydrogen (secondary N) is 3. The zero-order valence-corrected chi connectivity index (χ0v) is 63.2. The number of H-pyrrole nitrogens is 1. The van der Waals surface area contributed by atoms with Gasteiger partial charge in [-0.05, 0) is 171 Å². The number of ether oxygens (including phenoxy) is 7. The average Bonchev–Trinajstić information content (AvgIpc) is 1.69. The number of methoxy groups -OCH3 is 3. The fourth-order valence-corrected chi connectivity index (χ4v) is 13.3. The summed E-state index contributed by atoms with van der Waals surface area (Å²) in [5, 5.41) is 5.71. The first-order valence-electron chi connectivity index (χ1n) is 32.2. The molecule has 7 aromatic rings. The molecular weight excluding hydrogens is 1430 g/mol. The number of halogens is 3. The highest BCUT2D eigenvalue weighted by Gasteiger charge is 2.32. The highest BCUT2D eigenvalue weighted by molar-refractivity contribution is 7.22. The number of anilines is 2. The molecule has 0 aliphatic carbocycles. The highest BCUT2D eigenvalue weighted by Crippen LogP contribution is 2.37. The minimum atomic E-state index is -2.03. The number of hydrogen-bond donors (Lipinski definition) is 5. The minimum absolute atomic E-state index is 0.0810. The second kappa shape index (κ2) is 37.0. The zero-order valence-electron chi connectivity index (χ0n) is 58.4. The lowest BCUT2D eigenvalue weighted by Crippen LogP contribution is -2.48. The summed E-state index contributed by atoms with van der Waals surface area (Å²) in [6, 6.07) is 34.2. The average molecular weight is 1510 g/mol. The summed E-state index contributed by atoms with van der Waals surface area (Å²) >= 11 is 19.0. The number of amides is 5. The maximum Gasteiger partial charge on any atom is 0.511 e. The van der Waals surface area contributed by atoms with Gasteiger partial charge in [0.25, 0.3) is 5.56 Å². The number of nitrogens with zero attached hydrogens (tertiary/aromatic N) is 4. The van der Waals surface area contributed by atoms with Gasteiger partial charge in [-0.25, -0.2) is 38.4 Å². The predicted octanol–water partition coefficient (Wildman–Crippen LogP) is 14.9. The van der Waals surface area contributed by atoms with E-state index in [1.54, 1.807) is 26.8 Å². The summed E-state index contributed by atoms with van der Waals surface area (Å²) in [4.78, 5) is 120. The van der Waals surface area contributed by atoms with E-state index < -0.39 is 44.6 Å². The van der Waals surface area contributed by atoms with Crippen molar-refractivity contribution in [2.75, 3.05) is 71.6 Å². The molecule has 3 aromatic carbocycles. The van der Waals surface area contributed by atoms with Crippen LogP contribution >= 0.6 is 68.8 Å². The summed E-state index contributed by atoms with van der Waals surface area (Å²) in [6.07, 6.45) is 2.11. The molecule has 25 nitrogen and oxygen atoms in total. The van der Waals surface area contributed by atoms with Crippen molar-refractivity contribution in [2.45, 2.75) is 140 Å². The number of nitrogen functional groups attached to an aromatic ring is 1. The Morgan fingerprint density at radius 1 is 0.525 bits per heavy atom. The number of aromatic amines is 1. The van der Waals surface area contributed by atoms with E-state index in [2.05, 4.69) is 29.8 Å². The molecule has 0 spiro atoms. The molecule has 3 fully saturated rings. The molecule has 0 radical (unpaired) electrons. The van der Waals surface area contributed by atoms with Gasteiger partial charge in [0, 0.05) is 72.0 Å². The number of hydrogen-bond acceptors (Lipinski definition) is 21. The molecule has 7 heterocycles. The summed E-state index contributed by atoms with van der Waals surface area (Å²) < 4.78 is 33.5. The molecule has 0 atom stereocenters. The van der Waals surface area contributed by atoms with E-state index in [9.17, 15) is 43.2 Å². The van der Waals surface area contributed by atoms with Gasteiger partial charge in [-0.2, -0.15) is 0 Å². The number of nitrogens with two attached hydrogens (primary N) is 2. The van der Waals surface area contributed by atoms with Gasteiger partial charge in [0.1, 0.15) is 31.3 Å². The lowest BCUT2D eigenvalue weighted by Gasteiger charge is -2.33. The van der Waals surface area contributed by atoms with Crippen molar-refractivity contribution in [1.82, 2.24) is 29.6 Å². The van der Waals surface area contributed by atoms with Gasteiger partial charge < -0.3 is 74.9 Å². The molecule has 548 valence electrons. The first kappa shape index (κ1) is 81.6. The molecule has 4 aromatic heterocycles. The Bertz CT molecular complexity index is 4030. The van der Waals surface area contributed by atoms with Crippen LogP contribution in [0.25, 0.3) is 41.5 Å². The predicted molar refractivity (Wildman–Crippen MR) is 397 cm³/mol. The molecule has 3 saturated heterocycles. The first-order chi connectivity index (χ1) is 47.4. The first-order valence-corrected chi connectivity index (χ1v) is 35.8. The lowest BCUT2D eigenvalue weighted by molar-refractivity contribution is 0.0180. The van der Waals surface area contributed by atoms with Crippen molar-refractivity contribution in [2.24, 2.45) is 5.73 Å². The third kappa shape index (κ3) is 26.2. The van der Waals surface area contributed by atoms with Gasteiger partial charge in [-0.3, -0.25) is 9.36 Å². The van der Waals surface area contributed by atoms with Crippen LogP contribution in [0.4, 0.5) is 35.3 Å². The standard InChI is InChI=1S/C23H29N3O5S.C22H25N3O4S.C12H11NO2S.C10H20N2O2.C3H3Cl3O3/c1-23(2,3)31-22(29)26-12-10-16(11-13-26)24-21(28)25-17-14-18(15-8-6-5-7-9-15)32-19(17)20(27)30-4;1-22(2,3)29-21(28)24-11-9-15(10-12-24)25-19(26)18-16(23-20(25)27)13-17(30-18)14-7-5-4-6-8-14;1-15-12(14)11-9(13)7-10(16-11)8-5-3-2-4-6-8;1-10(2,3)14-9(13)12-6-4-8(11)5-7-12;1-8-2(7)9-3(4,5)6/h5-9,14,16H,10-13H2,1-4H3,(H2,24,25,28);4-8,13,15H,9-12H2,1-3H3,(H,23,27);2-7H,13H2,1H3;8H,4-7,11H2,1-3H3;1H3. The molecule has 7 N–H and O–H groups in total. The number of likely N-dealkylation sites (tertiary alicyclic amines) is 3. The number of esters is 2. The number of carbonyl (C=O) groups excluding carboxylic acids is 7. The molecule has 3 aliphatic rings. The molecule has 0 saturated carbocycles. The van der Waals surface area contributed by atoms with Crippen LogP contribution in [0.5, 0.6) is 0 Å². The van der Waals surface area contributed by atoms with Crippen molar-refractivity contribution in [3.63, 3.8) is 0 Å². The van der Waals surface area contributed by atoms with Crippen molar-refractivity contribution in [3.05, 3.63) is 140 Å². The van der Waals surface area contributed by atoms with Gasteiger partial charge in [0.05, 0.1) is 38.2 Å². The van der Waals surface area contributed by atoms with E-state index in [0.29, 0.717) is 83.2 Å². The van der Waals surface area contributed by atoms with E-state index in [1.165, 1.54) is 52.8 Å². The van der Waals surface area contributed by atoms with Crippen LogP contribution in [0.3, 0.4) is 0 Å². The van der Waals surface area contributed by atoms with Gasteiger partial charge in [0.2, 0.25) is 0 Å². The quantitative estimate of drug-likeness (QED) is 0.0536. The Labute approximate surface area is 613 Å². The van der Waals surface area contributed by atoms with Crippen molar-refractivity contribution in [1.29, 1.82) is 0 Å². The topological polar surface area (TPSA) is 325 Å². The SMILES string of the molecule is CC(C)(C)OC(=O)N1CCC(N)CC1.CC(C)(C)OC(=O)N1CCC(n2c(=O)[nH]c3cc(-c4ccccc4)sc3c2=O)CC1.COC(=O)OC(Cl)(Cl)Cl.COC(=O)c1sc(-c2ccccc2)cc1N.COC(=O)c1sc(-c2ccccc2)cc1NC(=O)NC1CCN(C(=O)OC(C)(C)C)CC1. The van der Waals surface area contributed by atoms with Crippen molar-refractivity contribution in [3.8, 4) is 31.3 Å². The molecule has 101 heavy (non-hydrogen) atoms. The normalized spacial score (nSPS) is 14.5. The van der Waals surface area contributed by atoms with Crippen LogP contribution < -0.4 is 33.3 Å². The van der Waals surface area contributed by atoms with Crippen LogP contribution in [0.2, 0.25) is 0 Å². The number of alkyl halides is 3. The number of aromatic nitrogens is 2. The largest absolute Gasteiger partial charge is 0.511 e. The molecule has 31 heteroatoms. The van der Waals surface area contributed by atoms with Gasteiger partial charge in [-0.15, -0.1) is 34.0 Å². The summed E-state index contributed by atoms with van der Waals surface area (Å²) in [5.41, 5.74) is 13.8. The molecule has 0 unspecified atom stereocenters. The number of urea groups is 1.